The number of fused-ring (bicyclic) bond motifs is 1. The van der Waals surface area contributed by atoms with Crippen LogP contribution in [-0.4, -0.2) is 20.7 Å². The lowest BCUT2D eigenvalue weighted by Crippen LogP contribution is -2.45. The minimum Gasteiger partial charge on any atom is -0.361 e. The number of halogens is 1. The smallest absolute Gasteiger partial charge is 0.257 e. The third kappa shape index (κ3) is 3.87. The van der Waals surface area contributed by atoms with Crippen LogP contribution in [0.15, 0.2) is 54.9 Å². The van der Waals surface area contributed by atoms with Crippen LogP contribution in [0.1, 0.15) is 74.6 Å². The van der Waals surface area contributed by atoms with Crippen molar-refractivity contribution < 1.29 is 9.18 Å². The van der Waals surface area contributed by atoms with Gasteiger partial charge >= 0.3 is 0 Å². The first-order valence-corrected chi connectivity index (χ1v) is 11.1. The van der Waals surface area contributed by atoms with E-state index in [0.717, 1.165) is 17.7 Å². The number of rotatable bonds is 6. The maximum atomic E-state index is 13.5. The van der Waals surface area contributed by atoms with Crippen molar-refractivity contribution in [2.75, 3.05) is 5.32 Å². The maximum absolute atomic E-state index is 13.5. The lowest BCUT2D eigenvalue weighted by atomic mass is 9.84. The topological polar surface area (TPSA) is 71.8 Å². The van der Waals surface area contributed by atoms with Crippen LogP contribution in [-0.2, 0) is 11.1 Å². The highest BCUT2D eigenvalue weighted by Crippen LogP contribution is 2.40. The first-order valence-electron chi connectivity index (χ1n) is 11.1. The predicted molar refractivity (Wildman–Crippen MR) is 123 cm³/mol. The van der Waals surface area contributed by atoms with Gasteiger partial charge in [0.15, 0.2) is 0 Å². The Hall–Kier alpha value is -3.22. The molecule has 3 heterocycles. The summed E-state index contributed by atoms with van der Waals surface area (Å²) in [4.78, 5) is 18.0. The summed E-state index contributed by atoms with van der Waals surface area (Å²) >= 11 is 0. The summed E-state index contributed by atoms with van der Waals surface area (Å²) in [6, 6.07) is 12.2. The molecule has 1 aliphatic heterocycles. The first kappa shape index (κ1) is 22.0. The number of nitrogens with zero attached hydrogens (tertiary/aromatic N) is 3. The molecule has 1 unspecified atom stereocenters. The van der Waals surface area contributed by atoms with Crippen LogP contribution >= 0.6 is 0 Å². The second-order valence-electron chi connectivity index (χ2n) is 9.04. The third-order valence-electron chi connectivity index (χ3n) is 6.60. The molecular weight excluding hydrogens is 405 g/mol. The van der Waals surface area contributed by atoms with Gasteiger partial charge in [-0.15, -0.1) is 0 Å². The van der Waals surface area contributed by atoms with Gasteiger partial charge in [-0.25, -0.2) is 9.07 Å². The summed E-state index contributed by atoms with van der Waals surface area (Å²) in [7, 11) is 0. The molecule has 0 aliphatic carbocycles. The van der Waals surface area contributed by atoms with Crippen molar-refractivity contribution in [2.24, 2.45) is 0 Å². The molecule has 1 amide bonds. The average Bonchev–Trinajstić information content (AvgIpc) is 3.24. The van der Waals surface area contributed by atoms with Crippen molar-refractivity contribution in [2.45, 2.75) is 64.1 Å². The minimum atomic E-state index is -0.593. The summed E-state index contributed by atoms with van der Waals surface area (Å²) in [5, 5.41) is 11.3. The number of hydrogen-bond donors (Lipinski definition) is 2. The van der Waals surface area contributed by atoms with Crippen LogP contribution in [0.25, 0.3) is 0 Å². The number of nitrogens with one attached hydrogen (secondary N) is 2. The van der Waals surface area contributed by atoms with Gasteiger partial charge in [-0.3, -0.25) is 9.78 Å². The Balaban J connectivity index is 1.67. The zero-order valence-electron chi connectivity index (χ0n) is 19.0. The number of anilines is 1. The van der Waals surface area contributed by atoms with Gasteiger partial charge in [0.1, 0.15) is 17.2 Å². The Morgan fingerprint density at radius 2 is 1.94 bits per heavy atom. The molecule has 0 saturated heterocycles. The number of aromatic nitrogens is 3. The van der Waals surface area contributed by atoms with Gasteiger partial charge in [0.05, 0.1) is 29.0 Å². The van der Waals surface area contributed by atoms with Crippen molar-refractivity contribution in [1.82, 2.24) is 20.1 Å². The summed E-state index contributed by atoms with van der Waals surface area (Å²) in [5.41, 5.74) is 1.43. The Kier molecular flexibility index (Phi) is 5.75. The highest BCUT2D eigenvalue weighted by atomic mass is 19.1. The molecule has 0 fully saturated rings. The van der Waals surface area contributed by atoms with E-state index in [1.807, 2.05) is 36.7 Å². The fraction of sp³-hybridized carbons (Fsp3) is 0.400. The van der Waals surface area contributed by atoms with E-state index < -0.39 is 5.54 Å². The highest BCUT2D eigenvalue weighted by molar-refractivity contribution is 5.99. The van der Waals surface area contributed by atoms with E-state index in [4.69, 9.17) is 0 Å². The number of carbonyl (C=O) groups is 1. The SMILES string of the molecule is CCC(CC)(NC(=O)c1cnn2c1NC(c1ccccn1)CC2(C)C)c1ccc(F)cc1. The number of amides is 1. The van der Waals surface area contributed by atoms with Crippen molar-refractivity contribution in [3.8, 4) is 0 Å². The van der Waals surface area contributed by atoms with Gasteiger partial charge in [0.2, 0.25) is 0 Å². The molecule has 168 valence electrons. The second-order valence-corrected chi connectivity index (χ2v) is 9.04. The molecule has 6 nitrogen and oxygen atoms in total. The van der Waals surface area contributed by atoms with Crippen molar-refractivity contribution in [1.29, 1.82) is 0 Å². The predicted octanol–water partition coefficient (Wildman–Crippen LogP) is 5.15. The van der Waals surface area contributed by atoms with E-state index in [1.54, 1.807) is 24.5 Å². The highest BCUT2D eigenvalue weighted by Gasteiger charge is 2.38. The second kappa shape index (κ2) is 8.37. The van der Waals surface area contributed by atoms with Crippen molar-refractivity contribution in [3.63, 3.8) is 0 Å². The van der Waals surface area contributed by atoms with Crippen molar-refractivity contribution >= 4 is 11.7 Å². The van der Waals surface area contributed by atoms with Gasteiger partial charge < -0.3 is 10.6 Å². The monoisotopic (exact) mass is 435 g/mol. The molecular formula is C25H30FN5O. The van der Waals surface area contributed by atoms with E-state index in [0.29, 0.717) is 24.2 Å². The molecule has 0 bridgehead atoms. The zero-order chi connectivity index (χ0) is 22.9. The van der Waals surface area contributed by atoms with Crippen LogP contribution in [0, 0.1) is 5.82 Å². The minimum absolute atomic E-state index is 0.0267. The molecule has 3 aromatic rings. The molecule has 2 aromatic heterocycles. The van der Waals surface area contributed by atoms with Gasteiger partial charge in [0, 0.05) is 6.20 Å². The van der Waals surface area contributed by atoms with Gasteiger partial charge in [-0.2, -0.15) is 5.10 Å². The maximum Gasteiger partial charge on any atom is 0.257 e. The molecule has 2 N–H and O–H groups in total. The van der Waals surface area contributed by atoms with Crippen LogP contribution in [0.4, 0.5) is 10.2 Å². The van der Waals surface area contributed by atoms with E-state index >= 15 is 0 Å². The molecule has 0 saturated carbocycles. The van der Waals surface area contributed by atoms with E-state index in [9.17, 15) is 9.18 Å². The molecule has 0 radical (unpaired) electrons. The molecule has 32 heavy (non-hydrogen) atoms. The van der Waals surface area contributed by atoms with Gasteiger partial charge in [-0.1, -0.05) is 32.0 Å². The zero-order valence-corrected chi connectivity index (χ0v) is 19.0. The summed E-state index contributed by atoms with van der Waals surface area (Å²) < 4.78 is 15.4. The fourth-order valence-electron chi connectivity index (χ4n) is 4.64. The number of carbonyl (C=O) groups excluding carboxylic acids is 1. The van der Waals surface area contributed by atoms with Crippen LogP contribution < -0.4 is 10.6 Å². The summed E-state index contributed by atoms with van der Waals surface area (Å²) in [6.07, 6.45) is 5.56. The molecule has 1 aliphatic rings. The van der Waals surface area contributed by atoms with Gasteiger partial charge in [-0.05, 0) is 62.9 Å². The molecule has 0 spiro atoms. The van der Waals surface area contributed by atoms with Crippen LogP contribution in [0.3, 0.4) is 0 Å². The average molecular weight is 436 g/mol. The molecule has 4 rings (SSSR count). The Morgan fingerprint density at radius 1 is 1.22 bits per heavy atom. The normalized spacial score (nSPS) is 17.3. The molecule has 7 heteroatoms. The molecule has 1 aromatic carbocycles. The Bertz CT molecular complexity index is 1090. The summed E-state index contributed by atoms with van der Waals surface area (Å²) in [5.74, 6) is 0.192. The standard InChI is InChI=1S/C25H30FN5O/c1-5-25(6-2,17-10-12-18(26)13-11-17)30-23(32)19-16-28-31-22(19)29-21(15-24(31,3)4)20-9-7-8-14-27-20/h7-14,16,21,29H,5-6,15H2,1-4H3,(H,30,32). The molecule has 1 atom stereocenters. The van der Waals surface area contributed by atoms with Gasteiger partial charge in [0.25, 0.3) is 5.91 Å². The van der Waals surface area contributed by atoms with E-state index in [-0.39, 0.29) is 23.3 Å². The number of pyridine rings is 1. The lowest BCUT2D eigenvalue weighted by molar-refractivity contribution is 0.0890. The third-order valence-corrected chi connectivity index (χ3v) is 6.60. The lowest BCUT2D eigenvalue weighted by Gasteiger charge is -2.38. The Labute approximate surface area is 188 Å². The Morgan fingerprint density at radius 3 is 2.56 bits per heavy atom. The number of hydrogen-bond acceptors (Lipinski definition) is 4. The van der Waals surface area contributed by atoms with Crippen molar-refractivity contribution in [3.05, 3.63) is 77.5 Å². The fourth-order valence-corrected chi connectivity index (χ4v) is 4.64. The van der Waals surface area contributed by atoms with E-state index in [1.165, 1.54) is 12.1 Å². The largest absolute Gasteiger partial charge is 0.361 e. The summed E-state index contributed by atoms with van der Waals surface area (Å²) in [6.45, 7) is 8.28. The van der Waals surface area contributed by atoms with Crippen LogP contribution in [0.5, 0.6) is 0 Å². The number of benzene rings is 1. The quantitative estimate of drug-likeness (QED) is 0.561. The van der Waals surface area contributed by atoms with Crippen LogP contribution in [0.2, 0.25) is 0 Å². The first-order chi connectivity index (χ1) is 15.3. The van der Waals surface area contributed by atoms with E-state index in [2.05, 4.69) is 34.6 Å².